The Hall–Kier alpha value is -0.0600. The smallest absolute Gasteiger partial charge is 0.172 e. The summed E-state index contributed by atoms with van der Waals surface area (Å²) in [6.45, 7) is 0. The van der Waals surface area contributed by atoms with Crippen LogP contribution in [-0.4, -0.2) is 4.84 Å². The Kier molecular flexibility index (Phi) is 4.07. The molecule has 0 saturated carbocycles. The average Bonchev–Trinajstić information content (AvgIpc) is 1.61. The number of alkyl halides is 2. The van der Waals surface area contributed by atoms with Crippen LogP contribution in [0.5, 0.6) is 0 Å². The fourth-order valence-electron chi connectivity index (χ4n) is 0.119. The standard InChI is InChI=1S/C4H3Cl2O/c5-4(6)2-1-3-7/h4H,2H2. The van der Waals surface area contributed by atoms with Crippen LogP contribution in [0.25, 0.3) is 0 Å². The van der Waals surface area contributed by atoms with Crippen LogP contribution in [0.3, 0.4) is 0 Å². The molecule has 0 atom stereocenters. The van der Waals surface area contributed by atoms with Crippen molar-refractivity contribution in [3.05, 3.63) is 0 Å². The first-order chi connectivity index (χ1) is 3.27. The predicted molar refractivity (Wildman–Crippen MR) is 28.6 cm³/mol. The van der Waals surface area contributed by atoms with Crippen molar-refractivity contribution in [1.82, 2.24) is 0 Å². The Bertz CT molecular complexity index is 89.6. The van der Waals surface area contributed by atoms with Gasteiger partial charge in [-0.05, 0) is 0 Å². The van der Waals surface area contributed by atoms with E-state index in [9.17, 15) is 5.11 Å². The highest BCUT2D eigenvalue weighted by Gasteiger charge is 1.91. The van der Waals surface area contributed by atoms with Crippen molar-refractivity contribution in [2.75, 3.05) is 0 Å². The highest BCUT2D eigenvalue weighted by atomic mass is 35.5. The first-order valence-corrected chi connectivity index (χ1v) is 2.53. The number of hydrogen-bond acceptors (Lipinski definition) is 0. The van der Waals surface area contributed by atoms with E-state index < -0.39 is 4.84 Å². The van der Waals surface area contributed by atoms with Gasteiger partial charge in [0.15, 0.2) is 6.11 Å². The third kappa shape index (κ3) is 5.94. The third-order valence-electron chi connectivity index (χ3n) is 0.329. The van der Waals surface area contributed by atoms with Crippen LogP contribution in [0.4, 0.5) is 0 Å². The summed E-state index contributed by atoms with van der Waals surface area (Å²) in [6, 6.07) is 0. The van der Waals surface area contributed by atoms with E-state index >= 15 is 0 Å². The summed E-state index contributed by atoms with van der Waals surface area (Å²) in [5, 5.41) is 9.36. The maximum atomic E-state index is 9.36. The minimum atomic E-state index is -0.526. The fraction of sp³-hybridized carbons (Fsp3) is 0.500. The summed E-state index contributed by atoms with van der Waals surface area (Å²) in [5.41, 5.74) is 0. The quantitative estimate of drug-likeness (QED) is 0.387. The van der Waals surface area contributed by atoms with E-state index in [0.717, 1.165) is 0 Å². The second-order valence-corrected chi connectivity index (χ2v) is 2.15. The molecular weight excluding hydrogens is 135 g/mol. The van der Waals surface area contributed by atoms with Gasteiger partial charge in [0, 0.05) is 6.42 Å². The van der Waals surface area contributed by atoms with Crippen LogP contribution in [0.1, 0.15) is 6.42 Å². The number of halogens is 2. The van der Waals surface area contributed by atoms with Gasteiger partial charge in [0.2, 0.25) is 0 Å². The van der Waals surface area contributed by atoms with Gasteiger partial charge in [0.05, 0.1) is 0 Å². The summed E-state index contributed by atoms with van der Waals surface area (Å²) in [4.78, 5) is -0.526. The monoisotopic (exact) mass is 137 g/mol. The minimum absolute atomic E-state index is 0.257. The molecule has 0 fully saturated rings. The van der Waals surface area contributed by atoms with Crippen LogP contribution in [0.2, 0.25) is 0 Å². The van der Waals surface area contributed by atoms with Gasteiger partial charge in [-0.1, -0.05) is 5.92 Å². The lowest BCUT2D eigenvalue weighted by Crippen LogP contribution is -1.79. The predicted octanol–water partition coefficient (Wildman–Crippen LogP) is 1.57. The molecule has 0 N–H and O–H groups in total. The zero-order valence-corrected chi connectivity index (χ0v) is 4.96. The van der Waals surface area contributed by atoms with Crippen LogP contribution >= 0.6 is 23.2 Å². The third-order valence-corrected chi connectivity index (χ3v) is 0.637. The van der Waals surface area contributed by atoms with Gasteiger partial charge in [0.25, 0.3) is 0 Å². The maximum absolute atomic E-state index is 9.36. The van der Waals surface area contributed by atoms with E-state index in [1.165, 1.54) is 6.11 Å². The minimum Gasteiger partial charge on any atom is -0.224 e. The van der Waals surface area contributed by atoms with Gasteiger partial charge in [-0.3, -0.25) is 0 Å². The lowest BCUT2D eigenvalue weighted by molar-refractivity contribution is 0.391. The fourth-order valence-corrected chi connectivity index (χ4v) is 0.273. The molecule has 0 unspecified atom stereocenters. The Balaban J connectivity index is 3.08. The van der Waals surface area contributed by atoms with Crippen molar-refractivity contribution in [3.63, 3.8) is 0 Å². The highest BCUT2D eigenvalue weighted by Crippen LogP contribution is 2.03. The molecule has 0 heterocycles. The summed E-state index contributed by atoms with van der Waals surface area (Å²) in [5.74, 6) is 2.18. The second kappa shape index (κ2) is 4.11. The Labute approximate surface area is 52.2 Å². The second-order valence-electron chi connectivity index (χ2n) is 0.874. The van der Waals surface area contributed by atoms with Crippen molar-refractivity contribution in [3.8, 4) is 12.0 Å². The number of rotatable bonds is 1. The van der Waals surface area contributed by atoms with Crippen molar-refractivity contribution in [2.45, 2.75) is 11.3 Å². The van der Waals surface area contributed by atoms with Gasteiger partial charge in [-0.2, -0.15) is 0 Å². The molecule has 0 aliphatic rings. The van der Waals surface area contributed by atoms with Crippen molar-refractivity contribution in [1.29, 1.82) is 0 Å². The van der Waals surface area contributed by atoms with E-state index in [4.69, 9.17) is 23.2 Å². The molecule has 0 aromatic carbocycles. The van der Waals surface area contributed by atoms with Crippen LogP contribution in [0, 0.1) is 12.0 Å². The van der Waals surface area contributed by atoms with E-state index in [1.54, 1.807) is 0 Å². The van der Waals surface area contributed by atoms with Gasteiger partial charge < -0.3 is 0 Å². The zero-order valence-electron chi connectivity index (χ0n) is 3.45. The molecule has 0 aromatic rings. The van der Waals surface area contributed by atoms with Crippen molar-refractivity contribution >= 4 is 23.2 Å². The molecule has 0 aromatic heterocycles. The van der Waals surface area contributed by atoms with E-state index in [1.807, 2.05) is 0 Å². The summed E-state index contributed by atoms with van der Waals surface area (Å²) in [6.07, 6.45) is 1.69. The lowest BCUT2D eigenvalue weighted by Gasteiger charge is -1.84. The zero-order chi connectivity index (χ0) is 5.70. The largest absolute Gasteiger partial charge is 0.224 e. The summed E-state index contributed by atoms with van der Waals surface area (Å²) >= 11 is 10.4. The average molecular weight is 138 g/mol. The SMILES string of the molecule is [O]C#CCC(Cl)Cl. The molecular formula is C4H3Cl2O. The van der Waals surface area contributed by atoms with Gasteiger partial charge in [-0.25, -0.2) is 5.11 Å². The van der Waals surface area contributed by atoms with E-state index in [2.05, 4.69) is 5.92 Å². The lowest BCUT2D eigenvalue weighted by atomic mass is 10.5. The normalized spacial score (nSPS) is 7.86. The van der Waals surface area contributed by atoms with Crippen molar-refractivity contribution < 1.29 is 5.11 Å². The Morgan fingerprint density at radius 1 is 1.57 bits per heavy atom. The molecule has 0 spiro atoms. The highest BCUT2D eigenvalue weighted by molar-refractivity contribution is 6.44. The molecule has 1 nitrogen and oxygen atoms in total. The number of hydrogen-bond donors (Lipinski definition) is 0. The molecule has 0 bridgehead atoms. The van der Waals surface area contributed by atoms with Crippen LogP contribution in [0.15, 0.2) is 0 Å². The summed E-state index contributed by atoms with van der Waals surface area (Å²) < 4.78 is 0. The molecule has 39 valence electrons. The Morgan fingerprint density at radius 3 is 2.29 bits per heavy atom. The molecule has 0 aliphatic heterocycles. The van der Waals surface area contributed by atoms with Crippen LogP contribution in [-0.2, 0) is 5.11 Å². The molecule has 0 aliphatic carbocycles. The van der Waals surface area contributed by atoms with Gasteiger partial charge >= 0.3 is 0 Å². The molecule has 0 amide bonds. The van der Waals surface area contributed by atoms with E-state index in [-0.39, 0.29) is 6.42 Å². The molecule has 0 rings (SSSR count). The molecule has 1 radical (unpaired) electrons. The van der Waals surface area contributed by atoms with E-state index in [0.29, 0.717) is 0 Å². The first-order valence-electron chi connectivity index (χ1n) is 1.65. The summed E-state index contributed by atoms with van der Waals surface area (Å²) in [7, 11) is 0. The maximum Gasteiger partial charge on any atom is 0.172 e. The topological polar surface area (TPSA) is 19.9 Å². The molecule has 0 saturated heterocycles. The molecule has 3 heteroatoms. The van der Waals surface area contributed by atoms with Gasteiger partial charge in [0.1, 0.15) is 4.84 Å². The van der Waals surface area contributed by atoms with Crippen molar-refractivity contribution in [2.24, 2.45) is 0 Å². The first kappa shape index (κ1) is 6.94. The van der Waals surface area contributed by atoms with Gasteiger partial charge in [-0.15, -0.1) is 23.2 Å². The molecule has 7 heavy (non-hydrogen) atoms. The van der Waals surface area contributed by atoms with Crippen LogP contribution < -0.4 is 0 Å². The Morgan fingerprint density at radius 2 is 2.14 bits per heavy atom.